The molecule has 1 aromatic carbocycles. The third-order valence-electron chi connectivity index (χ3n) is 3.01. The minimum absolute atomic E-state index is 0.00637. The van der Waals surface area contributed by atoms with Crippen LogP contribution in [0, 0.1) is 0 Å². The zero-order valence-electron chi connectivity index (χ0n) is 12.2. The minimum atomic E-state index is 0.00637. The molecule has 1 aromatic rings. The van der Waals surface area contributed by atoms with Crippen molar-refractivity contribution in [3.05, 3.63) is 28.8 Å². The third kappa shape index (κ3) is 4.84. The number of rotatable bonds is 7. The van der Waals surface area contributed by atoms with Crippen LogP contribution in [0.2, 0.25) is 5.02 Å². The Morgan fingerprint density at radius 2 is 1.89 bits per heavy atom. The molecule has 0 heterocycles. The number of halogens is 1. The van der Waals surface area contributed by atoms with Gasteiger partial charge in [-0.05, 0) is 45.6 Å². The van der Waals surface area contributed by atoms with Crippen molar-refractivity contribution >= 4 is 23.1 Å². The minimum Gasteiger partial charge on any atom is -0.370 e. The summed E-state index contributed by atoms with van der Waals surface area (Å²) in [5, 5.41) is 0.538. The summed E-state index contributed by atoms with van der Waals surface area (Å²) in [5.74, 6) is 0.00637. The van der Waals surface area contributed by atoms with Crippen LogP contribution in [0.1, 0.15) is 30.6 Å². The van der Waals surface area contributed by atoms with Crippen molar-refractivity contribution < 1.29 is 4.79 Å². The fourth-order valence-corrected chi connectivity index (χ4v) is 2.25. The Labute approximate surface area is 121 Å². The molecule has 0 unspecified atom stereocenters. The Bertz CT molecular complexity index is 432. The average Bonchev–Trinajstić information content (AvgIpc) is 2.33. The van der Waals surface area contributed by atoms with E-state index in [-0.39, 0.29) is 5.78 Å². The standard InChI is InChI=1S/C15H23ClN2O/c1-5-8-18(10-9-17(3)4)13-6-7-14(12(2)19)15(16)11-13/h6-7,11H,5,8-10H2,1-4H3. The van der Waals surface area contributed by atoms with Gasteiger partial charge < -0.3 is 9.80 Å². The van der Waals surface area contributed by atoms with Gasteiger partial charge in [-0.15, -0.1) is 0 Å². The quantitative estimate of drug-likeness (QED) is 0.717. The van der Waals surface area contributed by atoms with Gasteiger partial charge in [-0.1, -0.05) is 18.5 Å². The number of carbonyl (C=O) groups is 1. The average molecular weight is 283 g/mol. The van der Waals surface area contributed by atoms with E-state index in [1.165, 1.54) is 6.92 Å². The number of benzene rings is 1. The smallest absolute Gasteiger partial charge is 0.161 e. The van der Waals surface area contributed by atoms with Crippen molar-refractivity contribution in [2.75, 3.05) is 38.6 Å². The topological polar surface area (TPSA) is 23.6 Å². The molecule has 0 amide bonds. The fraction of sp³-hybridized carbons (Fsp3) is 0.533. The summed E-state index contributed by atoms with van der Waals surface area (Å²) >= 11 is 6.17. The first-order chi connectivity index (χ1) is 8.95. The molecule has 0 spiro atoms. The summed E-state index contributed by atoms with van der Waals surface area (Å²) in [6.07, 6.45) is 1.08. The molecule has 0 N–H and O–H groups in total. The lowest BCUT2D eigenvalue weighted by Gasteiger charge is -2.26. The number of nitrogens with zero attached hydrogens (tertiary/aromatic N) is 2. The van der Waals surface area contributed by atoms with E-state index >= 15 is 0 Å². The predicted octanol–water partition coefficient (Wildman–Crippen LogP) is 3.32. The molecule has 0 atom stereocenters. The molecule has 0 aliphatic carbocycles. The highest BCUT2D eigenvalue weighted by Gasteiger charge is 2.10. The van der Waals surface area contributed by atoms with Gasteiger partial charge in [0, 0.05) is 30.9 Å². The highest BCUT2D eigenvalue weighted by molar-refractivity contribution is 6.34. The van der Waals surface area contributed by atoms with Crippen molar-refractivity contribution in [1.82, 2.24) is 4.90 Å². The highest BCUT2D eigenvalue weighted by Crippen LogP contribution is 2.24. The van der Waals surface area contributed by atoms with Crippen LogP contribution in [-0.4, -0.2) is 44.4 Å². The van der Waals surface area contributed by atoms with E-state index in [0.717, 1.165) is 31.7 Å². The van der Waals surface area contributed by atoms with Gasteiger partial charge in [-0.2, -0.15) is 0 Å². The van der Waals surface area contributed by atoms with Gasteiger partial charge in [0.1, 0.15) is 0 Å². The summed E-state index contributed by atoms with van der Waals surface area (Å²) in [7, 11) is 4.13. The van der Waals surface area contributed by atoms with Crippen LogP contribution in [-0.2, 0) is 0 Å². The van der Waals surface area contributed by atoms with Crippen molar-refractivity contribution in [2.45, 2.75) is 20.3 Å². The molecule has 3 nitrogen and oxygen atoms in total. The van der Waals surface area contributed by atoms with E-state index in [9.17, 15) is 4.79 Å². The maximum absolute atomic E-state index is 11.4. The van der Waals surface area contributed by atoms with Crippen LogP contribution >= 0.6 is 11.6 Å². The Hall–Kier alpha value is -1.06. The van der Waals surface area contributed by atoms with Crippen molar-refractivity contribution in [3.8, 4) is 0 Å². The van der Waals surface area contributed by atoms with Gasteiger partial charge in [0.2, 0.25) is 0 Å². The summed E-state index contributed by atoms with van der Waals surface area (Å²) in [4.78, 5) is 15.8. The Kier molecular flexibility index (Phi) is 6.32. The summed E-state index contributed by atoms with van der Waals surface area (Å²) in [5.41, 5.74) is 1.67. The number of hydrogen-bond acceptors (Lipinski definition) is 3. The van der Waals surface area contributed by atoms with E-state index in [1.54, 1.807) is 0 Å². The van der Waals surface area contributed by atoms with Crippen molar-refractivity contribution in [3.63, 3.8) is 0 Å². The number of carbonyl (C=O) groups excluding carboxylic acids is 1. The summed E-state index contributed by atoms with van der Waals surface area (Å²) in [6.45, 7) is 6.64. The molecule has 0 bridgehead atoms. The first-order valence-electron chi connectivity index (χ1n) is 6.65. The molecule has 0 radical (unpaired) electrons. The molecular formula is C15H23ClN2O. The predicted molar refractivity (Wildman–Crippen MR) is 82.5 cm³/mol. The first-order valence-corrected chi connectivity index (χ1v) is 7.03. The van der Waals surface area contributed by atoms with Gasteiger partial charge in [0.25, 0.3) is 0 Å². The van der Waals surface area contributed by atoms with Crippen LogP contribution in [0.4, 0.5) is 5.69 Å². The lowest BCUT2D eigenvalue weighted by atomic mass is 10.1. The monoisotopic (exact) mass is 282 g/mol. The van der Waals surface area contributed by atoms with Gasteiger partial charge in [-0.25, -0.2) is 0 Å². The van der Waals surface area contributed by atoms with Crippen molar-refractivity contribution in [2.24, 2.45) is 0 Å². The van der Waals surface area contributed by atoms with Crippen LogP contribution in [0.3, 0.4) is 0 Å². The van der Waals surface area contributed by atoms with Crippen LogP contribution < -0.4 is 4.90 Å². The Morgan fingerprint density at radius 3 is 2.37 bits per heavy atom. The first kappa shape index (κ1) is 16.0. The van der Waals surface area contributed by atoms with E-state index in [0.29, 0.717) is 10.6 Å². The zero-order valence-corrected chi connectivity index (χ0v) is 13.0. The largest absolute Gasteiger partial charge is 0.370 e. The molecule has 0 saturated carbocycles. The Balaban J connectivity index is 2.90. The molecule has 0 saturated heterocycles. The Morgan fingerprint density at radius 1 is 1.21 bits per heavy atom. The lowest BCUT2D eigenvalue weighted by molar-refractivity contribution is 0.101. The fourth-order valence-electron chi connectivity index (χ4n) is 1.95. The highest BCUT2D eigenvalue weighted by atomic mass is 35.5. The zero-order chi connectivity index (χ0) is 14.4. The molecule has 106 valence electrons. The molecule has 0 aliphatic heterocycles. The van der Waals surface area contributed by atoms with Crippen LogP contribution in [0.5, 0.6) is 0 Å². The number of ketones is 1. The van der Waals surface area contributed by atoms with Gasteiger partial charge >= 0.3 is 0 Å². The van der Waals surface area contributed by atoms with Crippen LogP contribution in [0.15, 0.2) is 18.2 Å². The van der Waals surface area contributed by atoms with E-state index in [1.807, 2.05) is 18.2 Å². The number of hydrogen-bond donors (Lipinski definition) is 0. The lowest BCUT2D eigenvalue weighted by Crippen LogP contribution is -2.32. The second-order valence-corrected chi connectivity index (χ2v) is 5.42. The third-order valence-corrected chi connectivity index (χ3v) is 3.32. The molecule has 4 heteroatoms. The molecular weight excluding hydrogens is 260 g/mol. The molecule has 0 aliphatic rings. The SMILES string of the molecule is CCCN(CCN(C)C)c1ccc(C(C)=O)c(Cl)c1. The maximum atomic E-state index is 11.4. The van der Waals surface area contributed by atoms with E-state index < -0.39 is 0 Å². The second kappa shape index (κ2) is 7.51. The second-order valence-electron chi connectivity index (χ2n) is 5.01. The molecule has 0 fully saturated rings. The van der Waals surface area contributed by atoms with Gasteiger partial charge in [0.05, 0.1) is 5.02 Å². The normalized spacial score (nSPS) is 10.8. The molecule has 19 heavy (non-hydrogen) atoms. The molecule has 0 aromatic heterocycles. The molecule has 1 rings (SSSR count). The van der Waals surface area contributed by atoms with E-state index in [4.69, 9.17) is 11.6 Å². The number of anilines is 1. The van der Waals surface area contributed by atoms with Gasteiger partial charge in [-0.3, -0.25) is 4.79 Å². The van der Waals surface area contributed by atoms with Crippen LogP contribution in [0.25, 0.3) is 0 Å². The maximum Gasteiger partial charge on any atom is 0.161 e. The van der Waals surface area contributed by atoms with Crippen molar-refractivity contribution in [1.29, 1.82) is 0 Å². The summed E-state index contributed by atoms with van der Waals surface area (Å²) < 4.78 is 0. The number of Topliss-reactive ketones (excluding diaryl/α,β-unsaturated/α-hetero) is 1. The van der Waals surface area contributed by atoms with E-state index in [2.05, 4.69) is 30.8 Å². The van der Waals surface area contributed by atoms with Gasteiger partial charge in [0.15, 0.2) is 5.78 Å². The summed E-state index contributed by atoms with van der Waals surface area (Å²) in [6, 6.07) is 5.69. The number of likely N-dealkylation sites (N-methyl/N-ethyl adjacent to an activating group) is 1.